The number of aryl methyl sites for hydroxylation is 1. The first-order chi connectivity index (χ1) is 8.13. The first-order valence-electron chi connectivity index (χ1n) is 6.27. The molecule has 96 valence electrons. The van der Waals surface area contributed by atoms with E-state index in [1.165, 1.54) is 25.0 Å². The fraction of sp³-hybridized carbons (Fsp3) is 0.571. The second-order valence-electron chi connectivity index (χ2n) is 4.40. The zero-order chi connectivity index (χ0) is 12.7. The van der Waals surface area contributed by atoms with Gasteiger partial charge in [0.25, 0.3) is 0 Å². The molecule has 0 bridgehead atoms. The summed E-state index contributed by atoms with van der Waals surface area (Å²) in [6.07, 6.45) is 2.47. The number of halogens is 1. The highest BCUT2D eigenvalue weighted by atomic mass is 19.1. The van der Waals surface area contributed by atoms with Gasteiger partial charge in [0.1, 0.15) is 17.7 Å². The van der Waals surface area contributed by atoms with Crippen molar-refractivity contribution in [3.63, 3.8) is 0 Å². The molecule has 0 saturated heterocycles. The van der Waals surface area contributed by atoms with Gasteiger partial charge < -0.3 is 10.1 Å². The van der Waals surface area contributed by atoms with Crippen molar-refractivity contribution >= 4 is 0 Å². The summed E-state index contributed by atoms with van der Waals surface area (Å²) in [5.41, 5.74) is 0.838. The summed E-state index contributed by atoms with van der Waals surface area (Å²) >= 11 is 0. The topological polar surface area (TPSA) is 21.3 Å². The highest BCUT2D eigenvalue weighted by Crippen LogP contribution is 2.19. The largest absolute Gasteiger partial charge is 0.489 e. The standard InChI is InChI=1S/C14H22FNO/c1-4-5-8-16-10-12(3)17-14-7-6-13(15)9-11(14)2/h6-7,9,12,16H,4-5,8,10H2,1-3H3. The lowest BCUT2D eigenvalue weighted by Crippen LogP contribution is -2.29. The van der Waals surface area contributed by atoms with Crippen molar-refractivity contribution in [3.8, 4) is 5.75 Å². The minimum atomic E-state index is -0.219. The van der Waals surface area contributed by atoms with Gasteiger partial charge in [-0.15, -0.1) is 0 Å². The molecular formula is C14H22FNO. The van der Waals surface area contributed by atoms with E-state index in [9.17, 15) is 4.39 Å². The molecule has 0 spiro atoms. The van der Waals surface area contributed by atoms with Crippen LogP contribution in [0.15, 0.2) is 18.2 Å². The Labute approximate surface area is 103 Å². The number of ether oxygens (including phenoxy) is 1. The van der Waals surface area contributed by atoms with Crippen molar-refractivity contribution in [3.05, 3.63) is 29.6 Å². The highest BCUT2D eigenvalue weighted by molar-refractivity contribution is 5.32. The van der Waals surface area contributed by atoms with E-state index in [2.05, 4.69) is 12.2 Å². The molecule has 17 heavy (non-hydrogen) atoms. The molecule has 1 N–H and O–H groups in total. The van der Waals surface area contributed by atoms with Crippen LogP contribution in [0, 0.1) is 12.7 Å². The zero-order valence-electron chi connectivity index (χ0n) is 10.9. The van der Waals surface area contributed by atoms with Crippen LogP contribution >= 0.6 is 0 Å². The molecule has 0 fully saturated rings. The molecule has 0 amide bonds. The molecule has 0 aliphatic rings. The Hall–Kier alpha value is -1.09. The van der Waals surface area contributed by atoms with Gasteiger partial charge in [0.05, 0.1) is 0 Å². The lowest BCUT2D eigenvalue weighted by molar-refractivity contribution is 0.215. The van der Waals surface area contributed by atoms with Crippen LogP contribution in [0.4, 0.5) is 4.39 Å². The molecule has 1 unspecified atom stereocenters. The van der Waals surface area contributed by atoms with E-state index < -0.39 is 0 Å². The summed E-state index contributed by atoms with van der Waals surface area (Å²) in [7, 11) is 0. The summed E-state index contributed by atoms with van der Waals surface area (Å²) < 4.78 is 18.7. The first-order valence-corrected chi connectivity index (χ1v) is 6.27. The van der Waals surface area contributed by atoms with Crippen LogP contribution in [0.1, 0.15) is 32.3 Å². The SMILES string of the molecule is CCCCNCC(C)Oc1ccc(F)cc1C. The van der Waals surface area contributed by atoms with Gasteiger partial charge in [-0.05, 0) is 50.6 Å². The van der Waals surface area contributed by atoms with Crippen LogP contribution in [0.5, 0.6) is 5.75 Å². The third kappa shape index (κ3) is 5.18. The van der Waals surface area contributed by atoms with Gasteiger partial charge in [-0.1, -0.05) is 13.3 Å². The van der Waals surface area contributed by atoms with Crippen molar-refractivity contribution in [1.29, 1.82) is 0 Å². The minimum Gasteiger partial charge on any atom is -0.489 e. The third-order valence-corrected chi connectivity index (χ3v) is 2.60. The summed E-state index contributed by atoms with van der Waals surface area (Å²) in [5.74, 6) is 0.541. The fourth-order valence-electron chi connectivity index (χ4n) is 1.61. The summed E-state index contributed by atoms with van der Waals surface area (Å²) in [6.45, 7) is 7.88. The molecule has 3 heteroatoms. The fourth-order valence-corrected chi connectivity index (χ4v) is 1.61. The van der Waals surface area contributed by atoms with E-state index in [0.717, 1.165) is 24.4 Å². The molecule has 1 aromatic carbocycles. The Balaban J connectivity index is 2.37. The number of benzene rings is 1. The van der Waals surface area contributed by atoms with E-state index in [-0.39, 0.29) is 11.9 Å². The lowest BCUT2D eigenvalue weighted by atomic mass is 10.2. The van der Waals surface area contributed by atoms with Crippen molar-refractivity contribution < 1.29 is 9.13 Å². The molecule has 2 nitrogen and oxygen atoms in total. The molecule has 0 saturated carbocycles. The van der Waals surface area contributed by atoms with Crippen LogP contribution in [0.25, 0.3) is 0 Å². The highest BCUT2D eigenvalue weighted by Gasteiger charge is 2.06. The molecule has 1 aromatic rings. The van der Waals surface area contributed by atoms with Crippen molar-refractivity contribution in [2.45, 2.75) is 39.7 Å². The maximum absolute atomic E-state index is 12.9. The second kappa shape index (κ2) is 7.28. The maximum Gasteiger partial charge on any atom is 0.123 e. The Kier molecular flexibility index (Phi) is 5.98. The van der Waals surface area contributed by atoms with Gasteiger partial charge in [0.2, 0.25) is 0 Å². The van der Waals surface area contributed by atoms with Gasteiger partial charge in [-0.3, -0.25) is 0 Å². The summed E-state index contributed by atoms with van der Waals surface area (Å²) in [6, 6.07) is 4.61. The van der Waals surface area contributed by atoms with E-state index in [1.807, 2.05) is 13.8 Å². The van der Waals surface area contributed by atoms with Gasteiger partial charge in [-0.2, -0.15) is 0 Å². The molecule has 0 heterocycles. The molecule has 0 aliphatic heterocycles. The Morgan fingerprint density at radius 3 is 2.82 bits per heavy atom. The second-order valence-corrected chi connectivity index (χ2v) is 4.40. The number of unbranched alkanes of at least 4 members (excludes halogenated alkanes) is 1. The molecule has 1 atom stereocenters. The predicted octanol–water partition coefficient (Wildman–Crippen LogP) is 3.29. The predicted molar refractivity (Wildman–Crippen MR) is 69.0 cm³/mol. The van der Waals surface area contributed by atoms with Crippen LogP contribution in [-0.4, -0.2) is 19.2 Å². The van der Waals surface area contributed by atoms with E-state index in [0.29, 0.717) is 0 Å². The average Bonchev–Trinajstić information content (AvgIpc) is 2.28. The molecule has 0 aromatic heterocycles. The minimum absolute atomic E-state index is 0.0935. The smallest absolute Gasteiger partial charge is 0.123 e. The monoisotopic (exact) mass is 239 g/mol. The quantitative estimate of drug-likeness (QED) is 0.737. The Morgan fingerprint density at radius 1 is 1.41 bits per heavy atom. The van der Waals surface area contributed by atoms with Crippen molar-refractivity contribution in [2.24, 2.45) is 0 Å². The number of nitrogens with one attached hydrogen (secondary N) is 1. The number of rotatable bonds is 7. The molecule has 0 aliphatic carbocycles. The average molecular weight is 239 g/mol. The number of hydrogen-bond donors (Lipinski definition) is 1. The lowest BCUT2D eigenvalue weighted by Gasteiger charge is -2.17. The number of hydrogen-bond acceptors (Lipinski definition) is 2. The summed E-state index contributed by atoms with van der Waals surface area (Å²) in [5, 5.41) is 3.34. The van der Waals surface area contributed by atoms with Crippen molar-refractivity contribution in [2.75, 3.05) is 13.1 Å². The van der Waals surface area contributed by atoms with Crippen LogP contribution in [0.3, 0.4) is 0 Å². The molecule has 1 rings (SSSR count). The van der Waals surface area contributed by atoms with Gasteiger partial charge in [-0.25, -0.2) is 4.39 Å². The zero-order valence-corrected chi connectivity index (χ0v) is 10.9. The van der Waals surface area contributed by atoms with Gasteiger partial charge in [0.15, 0.2) is 0 Å². The van der Waals surface area contributed by atoms with E-state index in [1.54, 1.807) is 6.07 Å². The van der Waals surface area contributed by atoms with E-state index in [4.69, 9.17) is 4.74 Å². The van der Waals surface area contributed by atoms with Gasteiger partial charge in [0, 0.05) is 6.54 Å². The summed E-state index contributed by atoms with van der Waals surface area (Å²) in [4.78, 5) is 0. The third-order valence-electron chi connectivity index (χ3n) is 2.60. The Morgan fingerprint density at radius 2 is 2.18 bits per heavy atom. The maximum atomic E-state index is 12.9. The molecule has 0 radical (unpaired) electrons. The van der Waals surface area contributed by atoms with Gasteiger partial charge >= 0.3 is 0 Å². The normalized spacial score (nSPS) is 12.5. The Bertz CT molecular complexity index is 341. The van der Waals surface area contributed by atoms with Crippen molar-refractivity contribution in [1.82, 2.24) is 5.32 Å². The van der Waals surface area contributed by atoms with Crippen LogP contribution < -0.4 is 10.1 Å². The molecular weight excluding hydrogens is 217 g/mol. The first kappa shape index (κ1) is 14.0. The van der Waals surface area contributed by atoms with E-state index >= 15 is 0 Å². The van der Waals surface area contributed by atoms with Crippen LogP contribution in [-0.2, 0) is 0 Å². The van der Waals surface area contributed by atoms with Crippen LogP contribution in [0.2, 0.25) is 0 Å².